The highest BCUT2D eigenvalue weighted by molar-refractivity contribution is 7.99. The highest BCUT2D eigenvalue weighted by Gasteiger charge is 2.08. The van der Waals surface area contributed by atoms with Crippen LogP contribution in [0.4, 0.5) is 14.5 Å². The molecule has 1 aromatic rings. The number of aliphatic carboxylic acids is 1. The second-order valence-corrected chi connectivity index (χ2v) is 4.03. The van der Waals surface area contributed by atoms with Crippen LogP contribution in [-0.4, -0.2) is 23.4 Å². The van der Waals surface area contributed by atoms with Crippen LogP contribution in [0.5, 0.6) is 0 Å². The first-order valence-corrected chi connectivity index (χ1v) is 5.64. The zero-order valence-corrected chi connectivity index (χ0v) is 9.58. The van der Waals surface area contributed by atoms with Gasteiger partial charge in [0.1, 0.15) is 0 Å². The van der Waals surface area contributed by atoms with Gasteiger partial charge in [0, 0.05) is 23.2 Å². The van der Waals surface area contributed by atoms with Gasteiger partial charge in [0.2, 0.25) is 0 Å². The van der Waals surface area contributed by atoms with E-state index in [-0.39, 0.29) is 6.54 Å². The predicted octanol–water partition coefficient (Wildman–Crippen LogP) is 3.05. The van der Waals surface area contributed by atoms with E-state index in [1.54, 1.807) is 24.3 Å². The van der Waals surface area contributed by atoms with E-state index < -0.39 is 11.7 Å². The van der Waals surface area contributed by atoms with Crippen LogP contribution in [0.1, 0.15) is 0 Å². The summed E-state index contributed by atoms with van der Waals surface area (Å²) < 4.78 is 24.5. The van der Waals surface area contributed by atoms with Crippen molar-refractivity contribution in [3.8, 4) is 0 Å². The van der Waals surface area contributed by atoms with Crippen molar-refractivity contribution in [1.82, 2.24) is 0 Å². The highest BCUT2D eigenvalue weighted by atomic mass is 32.2. The number of halogens is 2. The minimum Gasteiger partial charge on any atom is -0.478 e. The van der Waals surface area contributed by atoms with Gasteiger partial charge in [-0.25, -0.2) is 4.79 Å². The molecule has 0 radical (unpaired) electrons. The van der Waals surface area contributed by atoms with Gasteiger partial charge >= 0.3 is 5.97 Å². The summed E-state index contributed by atoms with van der Waals surface area (Å²) in [6.07, 6.45) is 2.40. The molecule has 17 heavy (non-hydrogen) atoms. The van der Waals surface area contributed by atoms with E-state index in [4.69, 9.17) is 5.11 Å². The molecule has 1 rings (SSSR count). The van der Waals surface area contributed by atoms with Gasteiger partial charge in [0.15, 0.2) is 0 Å². The summed E-state index contributed by atoms with van der Waals surface area (Å²) in [5, 5.41) is 11.2. The van der Waals surface area contributed by atoms with Crippen molar-refractivity contribution in [2.75, 3.05) is 11.9 Å². The van der Waals surface area contributed by atoms with Crippen LogP contribution >= 0.6 is 11.8 Å². The van der Waals surface area contributed by atoms with Crippen LogP contribution in [0.2, 0.25) is 0 Å². The standard InChI is InChI=1S/C11H11F2NO2S/c12-11(13)17-9-5-2-1-4-8(9)14-7-3-6-10(15)16/h1-6,11,14H,7H2,(H,15,16)/b6-3+. The zero-order chi connectivity index (χ0) is 12.7. The number of alkyl halides is 2. The van der Waals surface area contributed by atoms with Crippen molar-refractivity contribution in [1.29, 1.82) is 0 Å². The molecular formula is C11H11F2NO2S. The maximum Gasteiger partial charge on any atom is 0.328 e. The molecule has 0 aliphatic rings. The van der Waals surface area contributed by atoms with E-state index in [0.717, 1.165) is 6.08 Å². The maximum absolute atomic E-state index is 12.2. The number of hydrogen-bond acceptors (Lipinski definition) is 3. The second kappa shape index (κ2) is 6.90. The van der Waals surface area contributed by atoms with E-state index in [2.05, 4.69) is 5.32 Å². The van der Waals surface area contributed by atoms with Crippen molar-refractivity contribution in [3.63, 3.8) is 0 Å². The van der Waals surface area contributed by atoms with Gasteiger partial charge in [-0.3, -0.25) is 0 Å². The molecule has 6 heteroatoms. The van der Waals surface area contributed by atoms with E-state index in [1.807, 2.05) is 0 Å². The fraction of sp³-hybridized carbons (Fsp3) is 0.182. The molecule has 1 aromatic carbocycles. The van der Waals surface area contributed by atoms with Crippen LogP contribution in [0, 0.1) is 0 Å². The summed E-state index contributed by atoms with van der Waals surface area (Å²) in [6.45, 7) is 0.271. The van der Waals surface area contributed by atoms with Gasteiger partial charge in [0.25, 0.3) is 5.76 Å². The zero-order valence-electron chi connectivity index (χ0n) is 8.77. The first kappa shape index (κ1) is 13.5. The largest absolute Gasteiger partial charge is 0.478 e. The Hall–Kier alpha value is -1.56. The molecule has 0 atom stereocenters. The van der Waals surface area contributed by atoms with Crippen molar-refractivity contribution in [2.45, 2.75) is 10.7 Å². The lowest BCUT2D eigenvalue weighted by molar-refractivity contribution is -0.131. The summed E-state index contributed by atoms with van der Waals surface area (Å²) in [4.78, 5) is 10.6. The molecule has 0 saturated carbocycles. The molecule has 0 bridgehead atoms. The third kappa shape index (κ3) is 5.35. The Morgan fingerprint density at radius 1 is 1.47 bits per heavy atom. The van der Waals surface area contributed by atoms with Gasteiger partial charge in [-0.05, 0) is 12.1 Å². The van der Waals surface area contributed by atoms with E-state index in [9.17, 15) is 13.6 Å². The Balaban J connectivity index is 2.60. The van der Waals surface area contributed by atoms with Gasteiger partial charge in [-0.1, -0.05) is 30.0 Å². The van der Waals surface area contributed by atoms with Crippen LogP contribution in [0.25, 0.3) is 0 Å². The first-order chi connectivity index (χ1) is 8.09. The summed E-state index contributed by atoms with van der Waals surface area (Å²) in [6, 6.07) is 6.64. The SMILES string of the molecule is O=C(O)/C=C/CNc1ccccc1SC(F)F. The number of para-hydroxylation sites is 1. The number of carboxylic acid groups (broad SMARTS) is 1. The Bertz CT molecular complexity index is 410. The fourth-order valence-electron chi connectivity index (χ4n) is 1.14. The summed E-state index contributed by atoms with van der Waals surface area (Å²) in [7, 11) is 0. The van der Waals surface area contributed by atoms with Crippen LogP contribution in [0.3, 0.4) is 0 Å². The number of anilines is 1. The highest BCUT2D eigenvalue weighted by Crippen LogP contribution is 2.31. The molecule has 0 aliphatic heterocycles. The molecule has 0 saturated heterocycles. The lowest BCUT2D eigenvalue weighted by Gasteiger charge is -2.09. The van der Waals surface area contributed by atoms with Gasteiger partial charge in [-0.15, -0.1) is 0 Å². The smallest absolute Gasteiger partial charge is 0.328 e. The van der Waals surface area contributed by atoms with Crippen molar-refractivity contribution in [2.24, 2.45) is 0 Å². The van der Waals surface area contributed by atoms with Crippen LogP contribution in [0.15, 0.2) is 41.3 Å². The molecule has 0 amide bonds. The van der Waals surface area contributed by atoms with Crippen LogP contribution < -0.4 is 5.32 Å². The summed E-state index contributed by atoms with van der Waals surface area (Å²) in [5.41, 5.74) is 0.563. The van der Waals surface area contributed by atoms with E-state index >= 15 is 0 Å². The third-order valence-corrected chi connectivity index (χ3v) is 2.56. The third-order valence-electron chi connectivity index (χ3n) is 1.77. The molecule has 3 nitrogen and oxygen atoms in total. The van der Waals surface area contributed by atoms with Crippen LogP contribution in [-0.2, 0) is 4.79 Å². The minimum absolute atomic E-state index is 0.271. The molecule has 0 aliphatic carbocycles. The molecule has 0 heterocycles. The second-order valence-electron chi connectivity index (χ2n) is 3.00. The van der Waals surface area contributed by atoms with Crippen molar-refractivity contribution < 1.29 is 18.7 Å². The fourth-order valence-corrected chi connectivity index (χ4v) is 1.76. The first-order valence-electron chi connectivity index (χ1n) is 4.77. The number of rotatable bonds is 6. The number of hydrogen-bond donors (Lipinski definition) is 2. The molecule has 0 fully saturated rings. The average molecular weight is 259 g/mol. The summed E-state index contributed by atoms with van der Waals surface area (Å²) in [5.74, 6) is -3.52. The minimum atomic E-state index is -2.48. The quantitative estimate of drug-likeness (QED) is 0.609. The van der Waals surface area contributed by atoms with E-state index in [1.165, 1.54) is 6.08 Å². The number of nitrogens with one attached hydrogen (secondary N) is 1. The number of thioether (sulfide) groups is 1. The van der Waals surface area contributed by atoms with E-state index in [0.29, 0.717) is 22.3 Å². The van der Waals surface area contributed by atoms with Gasteiger partial charge < -0.3 is 10.4 Å². The van der Waals surface area contributed by atoms with Crippen molar-refractivity contribution >= 4 is 23.4 Å². The van der Waals surface area contributed by atoms with Gasteiger partial charge in [0.05, 0.1) is 0 Å². The number of carbonyl (C=O) groups is 1. The Labute approximate surface area is 102 Å². The predicted molar refractivity (Wildman–Crippen MR) is 63.6 cm³/mol. The maximum atomic E-state index is 12.2. The lowest BCUT2D eigenvalue weighted by Crippen LogP contribution is -2.01. The summed E-state index contributed by atoms with van der Waals surface area (Å²) >= 11 is 0.453. The average Bonchev–Trinajstić information content (AvgIpc) is 2.25. The molecule has 2 N–H and O–H groups in total. The molecule has 92 valence electrons. The molecular weight excluding hydrogens is 248 g/mol. The monoisotopic (exact) mass is 259 g/mol. The normalized spacial score (nSPS) is 11.0. The Morgan fingerprint density at radius 3 is 2.82 bits per heavy atom. The number of benzene rings is 1. The molecule has 0 unspecified atom stereocenters. The Kier molecular flexibility index (Phi) is 5.48. The molecule has 0 aromatic heterocycles. The topological polar surface area (TPSA) is 49.3 Å². The van der Waals surface area contributed by atoms with Crippen molar-refractivity contribution in [3.05, 3.63) is 36.4 Å². The van der Waals surface area contributed by atoms with Gasteiger partial charge in [-0.2, -0.15) is 8.78 Å². The molecule has 0 spiro atoms. The lowest BCUT2D eigenvalue weighted by atomic mass is 10.3. The Morgan fingerprint density at radius 2 is 2.18 bits per heavy atom. The number of carboxylic acids is 1.